The van der Waals surface area contributed by atoms with Crippen LogP contribution in [-0.4, -0.2) is 9.13 Å². The molecule has 0 bridgehead atoms. The predicted molar refractivity (Wildman–Crippen MR) is 203 cm³/mol. The zero-order valence-electron chi connectivity index (χ0n) is 26.2. The number of rotatable bonds is 4. The molecule has 0 radical (unpaired) electrons. The average Bonchev–Trinajstić information content (AvgIpc) is 3.70. The summed E-state index contributed by atoms with van der Waals surface area (Å²) in [5.41, 5.74) is 12.1. The number of aromatic nitrogens is 2. The van der Waals surface area contributed by atoms with Gasteiger partial charge in [0.25, 0.3) is 0 Å². The van der Waals surface area contributed by atoms with Crippen LogP contribution in [0.5, 0.6) is 0 Å². The van der Waals surface area contributed by atoms with Crippen LogP contribution in [0.4, 0.5) is 0 Å². The minimum Gasteiger partial charge on any atom is -0.309 e. The first-order valence-corrected chi connectivity index (χ1v) is 16.5. The minimum atomic E-state index is 1.15. The second kappa shape index (κ2) is 10.6. The molecule has 224 valence electrons. The lowest BCUT2D eigenvalue weighted by atomic mass is 9.99. The molecule has 10 aromatic rings. The quantitative estimate of drug-likeness (QED) is 0.188. The van der Waals surface area contributed by atoms with Gasteiger partial charge in [0.2, 0.25) is 0 Å². The van der Waals surface area contributed by atoms with Gasteiger partial charge in [0.05, 0.1) is 22.1 Å². The van der Waals surface area contributed by atoms with Gasteiger partial charge in [0.15, 0.2) is 0 Å². The summed E-state index contributed by atoms with van der Waals surface area (Å²) < 4.78 is 4.95. The van der Waals surface area contributed by atoms with Gasteiger partial charge in [-0.05, 0) is 58.7 Å². The fourth-order valence-electron chi connectivity index (χ4n) is 7.82. The van der Waals surface area contributed by atoms with Crippen LogP contribution in [0.25, 0.3) is 88.0 Å². The van der Waals surface area contributed by atoms with E-state index >= 15 is 0 Å². The maximum absolute atomic E-state index is 2.49. The number of benzene rings is 8. The van der Waals surface area contributed by atoms with Crippen LogP contribution < -0.4 is 0 Å². The molecule has 0 N–H and O–H groups in total. The Labute approximate surface area is 278 Å². The molecule has 8 aromatic carbocycles. The molecule has 0 aliphatic heterocycles. The summed E-state index contributed by atoms with van der Waals surface area (Å²) in [5.74, 6) is 0. The molecule has 0 atom stereocenters. The normalized spacial score (nSPS) is 11.8. The molecule has 0 aliphatic rings. The molecule has 2 heteroatoms. The maximum Gasteiger partial charge on any atom is 0.0627 e. The van der Waals surface area contributed by atoms with Crippen LogP contribution in [0, 0.1) is 0 Å². The van der Waals surface area contributed by atoms with E-state index in [2.05, 4.69) is 191 Å². The molecule has 48 heavy (non-hydrogen) atoms. The maximum atomic E-state index is 2.49. The van der Waals surface area contributed by atoms with Crippen molar-refractivity contribution in [3.63, 3.8) is 0 Å². The van der Waals surface area contributed by atoms with Crippen molar-refractivity contribution in [2.75, 3.05) is 0 Å². The molecule has 2 nitrogen and oxygen atoms in total. The highest BCUT2D eigenvalue weighted by molar-refractivity contribution is 6.37. The van der Waals surface area contributed by atoms with Crippen molar-refractivity contribution in [1.82, 2.24) is 9.13 Å². The molecular formula is C46H30N2. The summed E-state index contributed by atoms with van der Waals surface area (Å²) in [6, 6.07) is 66.0. The fraction of sp³-hybridized carbons (Fsp3) is 0. The Bertz CT molecular complexity index is 2800. The highest BCUT2D eigenvalue weighted by atomic mass is 15.0. The first-order valence-electron chi connectivity index (χ1n) is 16.5. The van der Waals surface area contributed by atoms with E-state index in [0.717, 1.165) is 5.69 Å². The number of hydrogen-bond donors (Lipinski definition) is 0. The van der Waals surface area contributed by atoms with E-state index in [1.807, 2.05) is 0 Å². The Morgan fingerprint density at radius 2 is 0.667 bits per heavy atom. The largest absolute Gasteiger partial charge is 0.309 e. The third-order valence-corrected chi connectivity index (χ3v) is 9.88. The molecule has 0 fully saturated rings. The van der Waals surface area contributed by atoms with E-state index < -0.39 is 0 Å². The molecule has 0 aliphatic carbocycles. The molecule has 2 aromatic heterocycles. The Morgan fingerprint density at radius 3 is 1.25 bits per heavy atom. The molecule has 0 amide bonds. The smallest absolute Gasteiger partial charge is 0.0627 e. The number of hydrogen-bond acceptors (Lipinski definition) is 0. The Hall–Kier alpha value is -6.38. The fourth-order valence-corrected chi connectivity index (χ4v) is 7.82. The standard InChI is InChI=1S/C46H30N2/c1-3-14-31(15-4-1)32-26-28-33(29-27-32)34-16-13-19-36(30-34)48-42-25-12-10-23-40(42)44-43-39-22-9-11-24-41(39)47(35-17-5-2-6-18-35)45(43)37-20-7-8-21-38(37)46(44)48/h1-30H. The lowest BCUT2D eigenvalue weighted by Crippen LogP contribution is -1.97. The van der Waals surface area contributed by atoms with Gasteiger partial charge in [-0.2, -0.15) is 0 Å². The molecule has 2 heterocycles. The molecule has 0 unspecified atom stereocenters. The highest BCUT2D eigenvalue weighted by Crippen LogP contribution is 2.47. The van der Waals surface area contributed by atoms with Gasteiger partial charge in [-0.1, -0.05) is 146 Å². The Morgan fingerprint density at radius 1 is 0.271 bits per heavy atom. The van der Waals surface area contributed by atoms with Crippen LogP contribution in [0.1, 0.15) is 0 Å². The summed E-state index contributed by atoms with van der Waals surface area (Å²) >= 11 is 0. The summed E-state index contributed by atoms with van der Waals surface area (Å²) in [6.07, 6.45) is 0. The van der Waals surface area contributed by atoms with Gasteiger partial charge in [-0.15, -0.1) is 0 Å². The Kier molecular flexibility index (Phi) is 5.91. The summed E-state index contributed by atoms with van der Waals surface area (Å²) in [6.45, 7) is 0. The van der Waals surface area contributed by atoms with Crippen molar-refractivity contribution in [2.24, 2.45) is 0 Å². The zero-order chi connectivity index (χ0) is 31.6. The number of para-hydroxylation sites is 3. The molecule has 0 saturated carbocycles. The SMILES string of the molecule is c1ccc(-c2ccc(-c3cccc(-n4c5ccccc5c5c6c7ccccc7n(-c7ccccc7)c6c6ccccc6c54)c3)cc2)cc1. The third kappa shape index (κ3) is 3.93. The molecule has 0 spiro atoms. The van der Waals surface area contributed by atoms with Gasteiger partial charge >= 0.3 is 0 Å². The number of fused-ring (bicyclic) bond motifs is 10. The first-order chi connectivity index (χ1) is 23.8. The van der Waals surface area contributed by atoms with Crippen LogP contribution in [0.3, 0.4) is 0 Å². The van der Waals surface area contributed by atoms with E-state index in [0.29, 0.717) is 0 Å². The zero-order valence-corrected chi connectivity index (χ0v) is 26.2. The van der Waals surface area contributed by atoms with Crippen molar-refractivity contribution < 1.29 is 0 Å². The lowest BCUT2D eigenvalue weighted by molar-refractivity contribution is 1.18. The van der Waals surface area contributed by atoms with Gasteiger partial charge in [0, 0.05) is 43.7 Å². The third-order valence-electron chi connectivity index (χ3n) is 9.88. The van der Waals surface area contributed by atoms with Gasteiger partial charge < -0.3 is 9.13 Å². The van der Waals surface area contributed by atoms with Crippen LogP contribution in [0.15, 0.2) is 182 Å². The van der Waals surface area contributed by atoms with E-state index in [1.54, 1.807) is 0 Å². The van der Waals surface area contributed by atoms with E-state index in [9.17, 15) is 0 Å². The van der Waals surface area contributed by atoms with Crippen LogP contribution in [0.2, 0.25) is 0 Å². The topological polar surface area (TPSA) is 9.86 Å². The van der Waals surface area contributed by atoms with Crippen molar-refractivity contribution in [3.8, 4) is 33.6 Å². The van der Waals surface area contributed by atoms with Gasteiger partial charge in [-0.25, -0.2) is 0 Å². The van der Waals surface area contributed by atoms with Gasteiger partial charge in [-0.3, -0.25) is 0 Å². The second-order valence-electron chi connectivity index (χ2n) is 12.5. The first kappa shape index (κ1) is 26.8. The van der Waals surface area contributed by atoms with Crippen molar-refractivity contribution in [2.45, 2.75) is 0 Å². The predicted octanol–water partition coefficient (Wildman–Crippen LogP) is 12.4. The summed E-state index contributed by atoms with van der Waals surface area (Å²) in [5, 5.41) is 7.61. The van der Waals surface area contributed by atoms with Crippen molar-refractivity contribution in [3.05, 3.63) is 182 Å². The molecule has 10 rings (SSSR count). The lowest BCUT2D eigenvalue weighted by Gasteiger charge is -2.14. The Balaban J connectivity index is 1.30. The van der Waals surface area contributed by atoms with Crippen LogP contribution in [-0.2, 0) is 0 Å². The van der Waals surface area contributed by atoms with Gasteiger partial charge in [0.1, 0.15) is 0 Å². The highest BCUT2D eigenvalue weighted by Gasteiger charge is 2.24. The molecular weight excluding hydrogens is 581 g/mol. The van der Waals surface area contributed by atoms with Crippen LogP contribution >= 0.6 is 0 Å². The van der Waals surface area contributed by atoms with Crippen molar-refractivity contribution >= 4 is 54.4 Å². The van der Waals surface area contributed by atoms with E-state index in [1.165, 1.54) is 82.3 Å². The van der Waals surface area contributed by atoms with Crippen molar-refractivity contribution in [1.29, 1.82) is 0 Å². The number of nitrogens with zero attached hydrogens (tertiary/aromatic N) is 2. The average molecular weight is 611 g/mol. The molecule has 0 saturated heterocycles. The second-order valence-corrected chi connectivity index (χ2v) is 12.5. The minimum absolute atomic E-state index is 1.15. The summed E-state index contributed by atoms with van der Waals surface area (Å²) in [7, 11) is 0. The van der Waals surface area contributed by atoms with E-state index in [4.69, 9.17) is 0 Å². The summed E-state index contributed by atoms with van der Waals surface area (Å²) in [4.78, 5) is 0. The monoisotopic (exact) mass is 610 g/mol. The van der Waals surface area contributed by atoms with E-state index in [-0.39, 0.29) is 0 Å².